The van der Waals surface area contributed by atoms with Crippen LogP contribution >= 0.6 is 0 Å². The van der Waals surface area contributed by atoms with Gasteiger partial charge in [0.2, 0.25) is 0 Å². The van der Waals surface area contributed by atoms with Crippen LogP contribution in [0.5, 0.6) is 0 Å². The Morgan fingerprint density at radius 1 is 1.50 bits per heavy atom. The minimum absolute atomic E-state index is 0.111. The maximum absolute atomic E-state index is 10.8. The molecule has 1 fully saturated rings. The number of carbonyl (C=O) groups excluding carboxylic acids is 2. The Balaban J connectivity index is 2.10. The van der Waals surface area contributed by atoms with E-state index in [-0.39, 0.29) is 12.2 Å². The highest BCUT2D eigenvalue weighted by Crippen LogP contribution is 2.29. The van der Waals surface area contributed by atoms with Crippen LogP contribution in [0.4, 0.5) is 0 Å². The first-order valence-electron chi connectivity index (χ1n) is 3.78. The molecule has 1 aliphatic carbocycles. The van der Waals surface area contributed by atoms with E-state index < -0.39 is 0 Å². The third-order valence-corrected chi connectivity index (χ3v) is 2.05. The van der Waals surface area contributed by atoms with Gasteiger partial charge in [0.25, 0.3) is 0 Å². The Morgan fingerprint density at radius 3 is 2.60 bits per heavy atom. The van der Waals surface area contributed by atoms with E-state index in [4.69, 9.17) is 0 Å². The number of hydrogen-bond acceptors (Lipinski definition) is 2. The predicted molar refractivity (Wildman–Crippen MR) is 37.6 cm³/mol. The van der Waals surface area contributed by atoms with Gasteiger partial charge in [0.1, 0.15) is 12.1 Å². The van der Waals surface area contributed by atoms with E-state index in [1.165, 1.54) is 19.3 Å². The number of rotatable bonds is 4. The number of Topliss-reactive ketones (excluding diaryl/α,β-unsaturated/α-hetero) is 1. The van der Waals surface area contributed by atoms with Crippen LogP contribution in [0.3, 0.4) is 0 Å². The van der Waals surface area contributed by atoms with Crippen molar-refractivity contribution < 1.29 is 9.59 Å². The van der Waals surface area contributed by atoms with Crippen LogP contribution in [-0.2, 0) is 9.59 Å². The highest BCUT2D eigenvalue weighted by atomic mass is 16.1. The van der Waals surface area contributed by atoms with E-state index in [9.17, 15) is 9.59 Å². The SMILES string of the molecule is O=CCC(=O)CC1CCC1. The molecule has 0 atom stereocenters. The van der Waals surface area contributed by atoms with E-state index in [0.717, 1.165) is 0 Å². The van der Waals surface area contributed by atoms with Gasteiger partial charge >= 0.3 is 0 Å². The van der Waals surface area contributed by atoms with Crippen LogP contribution in [0.25, 0.3) is 0 Å². The highest BCUT2D eigenvalue weighted by molar-refractivity contribution is 5.89. The Labute approximate surface area is 60.6 Å². The van der Waals surface area contributed by atoms with Crippen molar-refractivity contribution in [1.29, 1.82) is 0 Å². The Morgan fingerprint density at radius 2 is 2.20 bits per heavy atom. The molecule has 0 heterocycles. The van der Waals surface area contributed by atoms with E-state index >= 15 is 0 Å². The molecule has 0 aromatic carbocycles. The van der Waals surface area contributed by atoms with Crippen LogP contribution in [-0.4, -0.2) is 12.1 Å². The number of hydrogen-bond donors (Lipinski definition) is 0. The topological polar surface area (TPSA) is 34.1 Å². The zero-order valence-corrected chi connectivity index (χ0v) is 6.01. The second kappa shape index (κ2) is 3.49. The molecule has 0 aromatic rings. The van der Waals surface area contributed by atoms with Gasteiger partial charge in [0.05, 0.1) is 6.42 Å². The molecule has 0 N–H and O–H groups in total. The van der Waals surface area contributed by atoms with Crippen molar-refractivity contribution in [2.75, 3.05) is 0 Å². The number of carbonyl (C=O) groups is 2. The average Bonchev–Trinajstić information content (AvgIpc) is 1.80. The van der Waals surface area contributed by atoms with Crippen molar-refractivity contribution in [1.82, 2.24) is 0 Å². The molecule has 0 radical (unpaired) electrons. The van der Waals surface area contributed by atoms with E-state index in [0.29, 0.717) is 18.6 Å². The molecule has 1 aliphatic rings. The minimum atomic E-state index is 0.111. The fraction of sp³-hybridized carbons (Fsp3) is 0.750. The lowest BCUT2D eigenvalue weighted by Crippen LogP contribution is -2.15. The monoisotopic (exact) mass is 140 g/mol. The average molecular weight is 140 g/mol. The summed E-state index contributed by atoms with van der Waals surface area (Å²) in [7, 11) is 0. The summed E-state index contributed by atoms with van der Waals surface area (Å²) in [5, 5.41) is 0. The molecule has 0 aliphatic heterocycles. The van der Waals surface area contributed by atoms with Gasteiger partial charge in [-0.3, -0.25) is 4.79 Å². The second-order valence-corrected chi connectivity index (χ2v) is 2.91. The van der Waals surface area contributed by atoms with Gasteiger partial charge in [-0.15, -0.1) is 0 Å². The lowest BCUT2D eigenvalue weighted by Gasteiger charge is -2.23. The first-order chi connectivity index (χ1) is 4.83. The molecule has 0 aromatic heterocycles. The Hall–Kier alpha value is -0.660. The third kappa shape index (κ3) is 1.94. The summed E-state index contributed by atoms with van der Waals surface area (Å²) in [5.41, 5.74) is 0. The fourth-order valence-electron chi connectivity index (χ4n) is 1.20. The summed E-state index contributed by atoms with van der Waals surface area (Å²) in [6.07, 6.45) is 5.09. The molecule has 2 nitrogen and oxygen atoms in total. The number of aldehydes is 1. The van der Waals surface area contributed by atoms with Gasteiger partial charge in [0.15, 0.2) is 0 Å². The molecular formula is C8H12O2. The highest BCUT2D eigenvalue weighted by Gasteiger charge is 2.19. The van der Waals surface area contributed by atoms with Crippen molar-refractivity contribution in [3.05, 3.63) is 0 Å². The molecular weight excluding hydrogens is 128 g/mol. The van der Waals surface area contributed by atoms with Crippen molar-refractivity contribution in [2.24, 2.45) is 5.92 Å². The second-order valence-electron chi connectivity index (χ2n) is 2.91. The maximum Gasteiger partial charge on any atom is 0.140 e. The summed E-state index contributed by atoms with van der Waals surface area (Å²) in [6, 6.07) is 0. The molecule has 0 amide bonds. The normalized spacial score (nSPS) is 18.0. The van der Waals surface area contributed by atoms with Crippen molar-refractivity contribution >= 4 is 12.1 Å². The standard InChI is InChI=1S/C8H12O2/c9-5-4-8(10)6-7-2-1-3-7/h5,7H,1-4,6H2. The molecule has 56 valence electrons. The summed E-state index contributed by atoms with van der Waals surface area (Å²) < 4.78 is 0. The largest absolute Gasteiger partial charge is 0.303 e. The summed E-state index contributed by atoms with van der Waals surface area (Å²) in [5.74, 6) is 0.715. The van der Waals surface area contributed by atoms with Gasteiger partial charge in [0, 0.05) is 6.42 Å². The molecule has 2 heteroatoms. The maximum atomic E-state index is 10.8. The molecule has 0 bridgehead atoms. The third-order valence-electron chi connectivity index (χ3n) is 2.05. The van der Waals surface area contributed by atoms with Gasteiger partial charge in [-0.2, -0.15) is 0 Å². The van der Waals surface area contributed by atoms with Gasteiger partial charge < -0.3 is 4.79 Å². The number of ketones is 1. The smallest absolute Gasteiger partial charge is 0.140 e. The van der Waals surface area contributed by atoms with Gasteiger partial charge in [-0.25, -0.2) is 0 Å². The lowest BCUT2D eigenvalue weighted by molar-refractivity contribution is -0.123. The first-order valence-corrected chi connectivity index (χ1v) is 3.78. The quantitative estimate of drug-likeness (QED) is 0.436. The Kier molecular flexibility index (Phi) is 2.60. The summed E-state index contributed by atoms with van der Waals surface area (Å²) in [6.45, 7) is 0. The van der Waals surface area contributed by atoms with Crippen LogP contribution in [0.15, 0.2) is 0 Å². The zero-order valence-electron chi connectivity index (χ0n) is 6.01. The van der Waals surface area contributed by atoms with Crippen LogP contribution in [0.1, 0.15) is 32.1 Å². The van der Waals surface area contributed by atoms with Crippen LogP contribution < -0.4 is 0 Å². The molecule has 0 unspecified atom stereocenters. The molecule has 1 rings (SSSR count). The predicted octanol–water partition coefficient (Wildman–Crippen LogP) is 1.33. The minimum Gasteiger partial charge on any atom is -0.303 e. The fourth-order valence-corrected chi connectivity index (χ4v) is 1.20. The van der Waals surface area contributed by atoms with E-state index in [1.807, 2.05) is 0 Å². The van der Waals surface area contributed by atoms with Crippen LogP contribution in [0, 0.1) is 5.92 Å². The van der Waals surface area contributed by atoms with Crippen molar-refractivity contribution in [3.8, 4) is 0 Å². The van der Waals surface area contributed by atoms with Crippen molar-refractivity contribution in [3.63, 3.8) is 0 Å². The first kappa shape index (κ1) is 7.45. The molecule has 0 saturated heterocycles. The van der Waals surface area contributed by atoms with Gasteiger partial charge in [-0.05, 0) is 5.92 Å². The van der Waals surface area contributed by atoms with E-state index in [2.05, 4.69) is 0 Å². The summed E-state index contributed by atoms with van der Waals surface area (Å²) >= 11 is 0. The molecule has 1 saturated carbocycles. The molecule has 0 spiro atoms. The summed E-state index contributed by atoms with van der Waals surface area (Å²) in [4.78, 5) is 20.7. The van der Waals surface area contributed by atoms with Gasteiger partial charge in [-0.1, -0.05) is 19.3 Å². The Bertz CT molecular complexity index is 136. The van der Waals surface area contributed by atoms with Crippen LogP contribution in [0.2, 0.25) is 0 Å². The molecule has 10 heavy (non-hydrogen) atoms. The van der Waals surface area contributed by atoms with Crippen molar-refractivity contribution in [2.45, 2.75) is 32.1 Å². The lowest BCUT2D eigenvalue weighted by atomic mass is 9.81. The zero-order chi connectivity index (χ0) is 7.40. The van der Waals surface area contributed by atoms with E-state index in [1.54, 1.807) is 0 Å².